The predicted octanol–water partition coefficient (Wildman–Crippen LogP) is 1.13. The Morgan fingerprint density at radius 3 is 3.06 bits per heavy atom. The highest BCUT2D eigenvalue weighted by Gasteiger charge is 2.19. The van der Waals surface area contributed by atoms with E-state index >= 15 is 0 Å². The van der Waals surface area contributed by atoms with E-state index in [1.165, 1.54) is 11.1 Å². The van der Waals surface area contributed by atoms with Crippen LogP contribution in [0.5, 0.6) is 5.75 Å². The van der Waals surface area contributed by atoms with Crippen LogP contribution in [-0.4, -0.2) is 12.5 Å². The largest absolute Gasteiger partial charge is 0.493 e. The van der Waals surface area contributed by atoms with Gasteiger partial charge in [0.1, 0.15) is 5.75 Å². The molecule has 0 aromatic heterocycles. The number of carbonyl (C=O) groups excluding carboxylic acids is 1. The minimum atomic E-state index is -0.340. The van der Waals surface area contributed by atoms with Gasteiger partial charge in [-0.1, -0.05) is 13.0 Å². The van der Waals surface area contributed by atoms with Gasteiger partial charge in [-0.05, 0) is 36.1 Å². The maximum atomic E-state index is 10.9. The van der Waals surface area contributed by atoms with Gasteiger partial charge in [0.15, 0.2) is 0 Å². The molecule has 1 aliphatic carbocycles. The number of carbonyl (C=O) groups is 1. The fourth-order valence-electron chi connectivity index (χ4n) is 2.02. The van der Waals surface area contributed by atoms with Crippen molar-refractivity contribution in [3.8, 4) is 5.75 Å². The molecule has 0 heterocycles. The number of hydrogen-bond donors (Lipinski definition) is 2. The summed E-state index contributed by atoms with van der Waals surface area (Å²) in [4.78, 5) is 10.9. The van der Waals surface area contributed by atoms with Crippen molar-refractivity contribution in [2.75, 3.05) is 6.61 Å². The van der Waals surface area contributed by atoms with Crippen LogP contribution in [0.4, 0.5) is 0 Å². The number of ether oxygens (including phenoxy) is 1. The summed E-state index contributed by atoms with van der Waals surface area (Å²) in [5.74, 6) is 0.171. The quantitative estimate of drug-likeness (QED) is 0.819. The number of nitrogens with two attached hydrogens (primary N) is 2. The van der Waals surface area contributed by atoms with Crippen molar-refractivity contribution in [2.45, 2.75) is 25.8 Å². The summed E-state index contributed by atoms with van der Waals surface area (Å²) in [7, 11) is 0. The van der Waals surface area contributed by atoms with Gasteiger partial charge in [0.2, 0.25) is 5.91 Å². The molecule has 0 saturated carbocycles. The van der Waals surface area contributed by atoms with E-state index in [2.05, 4.69) is 0 Å². The Morgan fingerprint density at radius 1 is 1.59 bits per heavy atom. The van der Waals surface area contributed by atoms with Crippen LogP contribution in [0.15, 0.2) is 18.2 Å². The zero-order chi connectivity index (χ0) is 12.4. The van der Waals surface area contributed by atoms with Crippen LogP contribution in [0.2, 0.25) is 0 Å². The van der Waals surface area contributed by atoms with Gasteiger partial charge in [0, 0.05) is 6.04 Å². The molecule has 1 unspecified atom stereocenters. The molecule has 17 heavy (non-hydrogen) atoms. The molecule has 1 aromatic carbocycles. The van der Waals surface area contributed by atoms with E-state index in [9.17, 15) is 4.79 Å². The number of benzene rings is 1. The van der Waals surface area contributed by atoms with Crippen molar-refractivity contribution in [1.29, 1.82) is 0 Å². The summed E-state index contributed by atoms with van der Waals surface area (Å²) in [5.41, 5.74) is 13.6. The highest BCUT2D eigenvalue weighted by atomic mass is 16.5. The molecule has 0 spiro atoms. The lowest BCUT2D eigenvalue weighted by Gasteiger charge is -2.11. The van der Waals surface area contributed by atoms with Crippen LogP contribution >= 0.6 is 0 Å². The summed E-state index contributed by atoms with van der Waals surface area (Å²) in [6, 6.07) is 6.08. The van der Waals surface area contributed by atoms with Crippen molar-refractivity contribution in [3.63, 3.8) is 0 Å². The minimum Gasteiger partial charge on any atom is -0.493 e. The first-order valence-corrected chi connectivity index (χ1v) is 5.88. The molecule has 0 fully saturated rings. The van der Waals surface area contributed by atoms with Gasteiger partial charge in [-0.2, -0.15) is 0 Å². The lowest BCUT2D eigenvalue weighted by atomic mass is 10.1. The highest BCUT2D eigenvalue weighted by Crippen LogP contribution is 2.31. The minimum absolute atomic E-state index is 0.156. The Kier molecular flexibility index (Phi) is 3.33. The SMILES string of the molecule is CC(COc1ccc2c(c1)CC[C@H]2N)C(N)=O. The summed E-state index contributed by atoms with van der Waals surface area (Å²) < 4.78 is 5.55. The Hall–Kier alpha value is -1.55. The molecule has 1 aromatic rings. The van der Waals surface area contributed by atoms with Gasteiger partial charge in [0.25, 0.3) is 0 Å². The highest BCUT2D eigenvalue weighted by molar-refractivity contribution is 5.76. The molecule has 92 valence electrons. The molecule has 0 bridgehead atoms. The Labute approximate surface area is 101 Å². The smallest absolute Gasteiger partial charge is 0.223 e. The van der Waals surface area contributed by atoms with E-state index in [0.29, 0.717) is 6.61 Å². The topological polar surface area (TPSA) is 78.3 Å². The van der Waals surface area contributed by atoms with E-state index in [1.807, 2.05) is 18.2 Å². The molecule has 4 nitrogen and oxygen atoms in total. The van der Waals surface area contributed by atoms with Crippen LogP contribution in [0.25, 0.3) is 0 Å². The number of fused-ring (bicyclic) bond motifs is 1. The number of primary amides is 1. The Morgan fingerprint density at radius 2 is 2.35 bits per heavy atom. The van der Waals surface area contributed by atoms with E-state index in [-0.39, 0.29) is 17.9 Å². The Bertz CT molecular complexity index is 431. The molecule has 4 N–H and O–H groups in total. The third kappa shape index (κ3) is 2.58. The van der Waals surface area contributed by atoms with Crippen LogP contribution < -0.4 is 16.2 Å². The zero-order valence-electron chi connectivity index (χ0n) is 9.98. The van der Waals surface area contributed by atoms with Crippen molar-refractivity contribution >= 4 is 5.91 Å². The molecule has 0 saturated heterocycles. The lowest BCUT2D eigenvalue weighted by molar-refractivity contribution is -0.122. The summed E-state index contributed by atoms with van der Waals surface area (Å²) in [6.45, 7) is 2.08. The molecular formula is C13H18N2O2. The van der Waals surface area contributed by atoms with Crippen LogP contribution in [0, 0.1) is 5.92 Å². The lowest BCUT2D eigenvalue weighted by Crippen LogP contribution is -2.25. The van der Waals surface area contributed by atoms with Crippen LogP contribution in [0.1, 0.15) is 30.5 Å². The summed E-state index contributed by atoms with van der Waals surface area (Å²) in [5, 5.41) is 0. The zero-order valence-corrected chi connectivity index (χ0v) is 9.98. The summed E-state index contributed by atoms with van der Waals surface area (Å²) in [6.07, 6.45) is 2.00. The molecule has 2 rings (SSSR count). The first-order valence-electron chi connectivity index (χ1n) is 5.88. The second-order valence-electron chi connectivity index (χ2n) is 4.62. The third-order valence-electron chi connectivity index (χ3n) is 3.22. The van der Waals surface area contributed by atoms with E-state index in [0.717, 1.165) is 18.6 Å². The van der Waals surface area contributed by atoms with Crippen molar-refractivity contribution in [3.05, 3.63) is 29.3 Å². The van der Waals surface area contributed by atoms with Gasteiger partial charge in [-0.25, -0.2) is 0 Å². The van der Waals surface area contributed by atoms with E-state index < -0.39 is 0 Å². The van der Waals surface area contributed by atoms with Crippen LogP contribution in [-0.2, 0) is 11.2 Å². The number of aryl methyl sites for hydroxylation is 1. The first kappa shape index (κ1) is 11.9. The molecule has 1 amide bonds. The maximum absolute atomic E-state index is 10.9. The molecule has 2 atom stereocenters. The normalized spacial score (nSPS) is 19.8. The van der Waals surface area contributed by atoms with Crippen LogP contribution in [0.3, 0.4) is 0 Å². The van der Waals surface area contributed by atoms with Gasteiger partial charge < -0.3 is 16.2 Å². The summed E-state index contributed by atoms with van der Waals surface area (Å²) >= 11 is 0. The monoisotopic (exact) mass is 234 g/mol. The number of rotatable bonds is 4. The Balaban J connectivity index is 2.01. The first-order chi connectivity index (χ1) is 8.08. The van der Waals surface area contributed by atoms with Gasteiger partial charge in [0.05, 0.1) is 12.5 Å². The molecular weight excluding hydrogens is 216 g/mol. The number of hydrogen-bond acceptors (Lipinski definition) is 3. The molecule has 4 heteroatoms. The number of amides is 1. The second kappa shape index (κ2) is 4.75. The fourth-order valence-corrected chi connectivity index (χ4v) is 2.02. The van der Waals surface area contributed by atoms with Crippen molar-refractivity contribution in [1.82, 2.24) is 0 Å². The van der Waals surface area contributed by atoms with E-state index in [1.54, 1.807) is 6.92 Å². The second-order valence-corrected chi connectivity index (χ2v) is 4.62. The van der Waals surface area contributed by atoms with Gasteiger partial charge in [-0.3, -0.25) is 4.79 Å². The third-order valence-corrected chi connectivity index (χ3v) is 3.22. The molecule has 0 radical (unpaired) electrons. The maximum Gasteiger partial charge on any atom is 0.223 e. The molecule has 1 aliphatic rings. The van der Waals surface area contributed by atoms with E-state index in [4.69, 9.17) is 16.2 Å². The average Bonchev–Trinajstić information content (AvgIpc) is 2.67. The fraction of sp³-hybridized carbons (Fsp3) is 0.462. The van der Waals surface area contributed by atoms with Crippen molar-refractivity contribution in [2.24, 2.45) is 17.4 Å². The average molecular weight is 234 g/mol. The predicted molar refractivity (Wildman–Crippen MR) is 65.5 cm³/mol. The van der Waals surface area contributed by atoms with Crippen molar-refractivity contribution < 1.29 is 9.53 Å². The standard InChI is InChI=1S/C13H18N2O2/c1-8(13(15)16)7-17-10-3-4-11-9(6-10)2-5-12(11)14/h3-4,6,8,12H,2,5,7,14H2,1H3,(H2,15,16)/t8?,12-/m1/s1. The van der Waals surface area contributed by atoms with Gasteiger partial charge >= 0.3 is 0 Å². The molecule has 0 aliphatic heterocycles. The van der Waals surface area contributed by atoms with Gasteiger partial charge in [-0.15, -0.1) is 0 Å².